The number of fused-ring (bicyclic) bond motifs is 1. The van der Waals surface area contributed by atoms with Crippen molar-refractivity contribution in [1.82, 2.24) is 14.9 Å². The Bertz CT molecular complexity index is 933. The third-order valence-corrected chi connectivity index (χ3v) is 6.61. The van der Waals surface area contributed by atoms with Crippen LogP contribution in [0.15, 0.2) is 36.8 Å². The van der Waals surface area contributed by atoms with E-state index in [0.717, 1.165) is 36.5 Å². The number of aryl methyl sites for hydroxylation is 1. The van der Waals surface area contributed by atoms with Crippen molar-refractivity contribution < 1.29 is 9.59 Å². The number of carbonyl (C=O) groups is 2. The summed E-state index contributed by atoms with van der Waals surface area (Å²) in [5.74, 6) is 1.76. The predicted molar refractivity (Wildman–Crippen MR) is 121 cm³/mol. The molecule has 1 aliphatic carbocycles. The van der Waals surface area contributed by atoms with E-state index in [4.69, 9.17) is 0 Å². The fourth-order valence-corrected chi connectivity index (χ4v) is 5.20. The highest BCUT2D eigenvalue weighted by Gasteiger charge is 2.40. The maximum atomic E-state index is 12.7. The monoisotopic (exact) mass is 421 g/mol. The number of carbonyl (C=O) groups excluding carboxylic acids is 2. The number of benzene rings is 1. The van der Waals surface area contributed by atoms with E-state index in [1.807, 2.05) is 31.3 Å². The Balaban J connectivity index is 1.34. The van der Waals surface area contributed by atoms with Gasteiger partial charge in [-0.25, -0.2) is 0 Å². The Kier molecular flexibility index (Phi) is 6.61. The molecule has 2 aliphatic rings. The van der Waals surface area contributed by atoms with Gasteiger partial charge in [-0.05, 0) is 61.6 Å². The Labute approximate surface area is 183 Å². The molecular weight excluding hydrogens is 390 g/mol. The zero-order valence-corrected chi connectivity index (χ0v) is 18.3. The summed E-state index contributed by atoms with van der Waals surface area (Å²) in [6.07, 6.45) is 10.1. The highest BCUT2D eigenvalue weighted by atomic mass is 16.2. The van der Waals surface area contributed by atoms with Gasteiger partial charge in [-0.1, -0.05) is 12.5 Å². The zero-order chi connectivity index (χ0) is 21.8. The first-order valence-electron chi connectivity index (χ1n) is 11.1. The molecule has 0 radical (unpaired) electrons. The number of nitrogens with zero attached hydrogens (tertiary/aromatic N) is 3. The van der Waals surface area contributed by atoms with Crippen LogP contribution in [0.4, 0.5) is 11.4 Å². The molecule has 2 N–H and O–H groups in total. The van der Waals surface area contributed by atoms with E-state index < -0.39 is 0 Å². The summed E-state index contributed by atoms with van der Waals surface area (Å²) in [6.45, 7) is 5.76. The van der Waals surface area contributed by atoms with Crippen molar-refractivity contribution in [2.45, 2.75) is 39.5 Å². The molecule has 1 saturated carbocycles. The Hall–Kier alpha value is -2.80. The third-order valence-electron chi connectivity index (χ3n) is 6.61. The zero-order valence-electron chi connectivity index (χ0n) is 18.3. The van der Waals surface area contributed by atoms with Gasteiger partial charge < -0.3 is 10.6 Å². The quantitative estimate of drug-likeness (QED) is 0.748. The molecule has 1 aliphatic heterocycles. The van der Waals surface area contributed by atoms with E-state index >= 15 is 0 Å². The van der Waals surface area contributed by atoms with Crippen molar-refractivity contribution in [3.63, 3.8) is 0 Å². The van der Waals surface area contributed by atoms with Gasteiger partial charge in [-0.3, -0.25) is 24.5 Å². The minimum absolute atomic E-state index is 0.0123. The highest BCUT2D eigenvalue weighted by Crippen LogP contribution is 2.41. The normalized spacial score (nSPS) is 23.2. The summed E-state index contributed by atoms with van der Waals surface area (Å²) < 4.78 is 0. The summed E-state index contributed by atoms with van der Waals surface area (Å²) in [6, 6.07) is 5.59. The molecule has 2 amide bonds. The molecule has 2 aromatic rings. The number of rotatable bonds is 6. The molecule has 0 unspecified atom stereocenters. The summed E-state index contributed by atoms with van der Waals surface area (Å²) in [7, 11) is 0. The molecule has 1 aromatic carbocycles. The molecule has 164 valence electrons. The Morgan fingerprint density at radius 2 is 2.03 bits per heavy atom. The van der Waals surface area contributed by atoms with Gasteiger partial charge in [0.1, 0.15) is 0 Å². The van der Waals surface area contributed by atoms with Gasteiger partial charge in [-0.15, -0.1) is 0 Å². The van der Waals surface area contributed by atoms with Gasteiger partial charge in [0.15, 0.2) is 0 Å². The topological polar surface area (TPSA) is 87.2 Å². The van der Waals surface area contributed by atoms with Crippen molar-refractivity contribution in [2.75, 3.05) is 30.3 Å². The number of nitrogens with one attached hydrogen (secondary N) is 2. The van der Waals surface area contributed by atoms with Crippen molar-refractivity contribution in [3.8, 4) is 0 Å². The fraction of sp³-hybridized carbons (Fsp3) is 0.500. The van der Waals surface area contributed by atoms with Crippen molar-refractivity contribution in [1.29, 1.82) is 0 Å². The highest BCUT2D eigenvalue weighted by molar-refractivity contribution is 5.94. The molecule has 2 fully saturated rings. The smallest absolute Gasteiger partial charge is 0.238 e. The van der Waals surface area contributed by atoms with Crippen LogP contribution in [0.3, 0.4) is 0 Å². The van der Waals surface area contributed by atoms with Crippen LogP contribution in [0.25, 0.3) is 0 Å². The van der Waals surface area contributed by atoms with Crippen LogP contribution in [-0.4, -0.2) is 46.3 Å². The van der Waals surface area contributed by atoms with Crippen molar-refractivity contribution in [2.24, 2.45) is 17.8 Å². The number of hydrogen-bond acceptors (Lipinski definition) is 5. The molecule has 1 saturated heterocycles. The van der Waals surface area contributed by atoms with Crippen LogP contribution in [0, 0.1) is 24.7 Å². The maximum Gasteiger partial charge on any atom is 0.238 e. The maximum absolute atomic E-state index is 12.7. The van der Waals surface area contributed by atoms with Gasteiger partial charge in [0.05, 0.1) is 12.2 Å². The number of hydrogen-bond donors (Lipinski definition) is 2. The van der Waals surface area contributed by atoms with Crippen LogP contribution in [0.2, 0.25) is 0 Å². The third kappa shape index (κ3) is 5.47. The standard InChI is InChI=1S/C24H31N5O2/c1-16-6-7-20(11-23(16)27-17(2)30)28-24(31)15-29-13-19-5-3-4-18(22(19)14-29)10-21-12-25-8-9-26-21/h6-9,11-12,18-19,22H,3-5,10,13-15H2,1-2H3,(H,27,30)(H,28,31)/t18-,19-,22-/m1/s1. The molecule has 4 rings (SSSR count). The second-order valence-corrected chi connectivity index (χ2v) is 8.97. The summed E-state index contributed by atoms with van der Waals surface area (Å²) in [5, 5.41) is 5.80. The molecule has 1 aromatic heterocycles. The summed E-state index contributed by atoms with van der Waals surface area (Å²) in [4.78, 5) is 35.1. The van der Waals surface area contributed by atoms with Crippen LogP contribution < -0.4 is 10.6 Å². The van der Waals surface area contributed by atoms with Gasteiger partial charge in [0.2, 0.25) is 11.8 Å². The average molecular weight is 422 g/mol. The second kappa shape index (κ2) is 9.56. The number of amides is 2. The average Bonchev–Trinajstić information content (AvgIpc) is 3.14. The van der Waals surface area contributed by atoms with Crippen LogP contribution in [0.1, 0.15) is 37.4 Å². The van der Waals surface area contributed by atoms with Crippen LogP contribution in [-0.2, 0) is 16.0 Å². The molecule has 0 spiro atoms. The van der Waals surface area contributed by atoms with Gasteiger partial charge in [0, 0.05) is 50.0 Å². The van der Waals surface area contributed by atoms with E-state index in [0.29, 0.717) is 30.0 Å². The molecular formula is C24H31N5O2. The van der Waals surface area contributed by atoms with E-state index in [2.05, 4.69) is 25.5 Å². The van der Waals surface area contributed by atoms with Crippen molar-refractivity contribution in [3.05, 3.63) is 48.0 Å². The lowest BCUT2D eigenvalue weighted by molar-refractivity contribution is -0.117. The predicted octanol–water partition coefficient (Wildman–Crippen LogP) is 3.27. The van der Waals surface area contributed by atoms with E-state index in [-0.39, 0.29) is 11.8 Å². The second-order valence-electron chi connectivity index (χ2n) is 8.97. The number of likely N-dealkylation sites (tertiary alicyclic amines) is 1. The summed E-state index contributed by atoms with van der Waals surface area (Å²) >= 11 is 0. The first-order chi connectivity index (χ1) is 15.0. The lowest BCUT2D eigenvalue weighted by Crippen LogP contribution is -2.32. The molecule has 7 heteroatoms. The lowest BCUT2D eigenvalue weighted by atomic mass is 9.72. The van der Waals surface area contributed by atoms with Crippen LogP contribution in [0.5, 0.6) is 0 Å². The SMILES string of the molecule is CC(=O)Nc1cc(NC(=O)CN2C[C@H]3CCC[C@H](Cc4cnccn4)[C@H]3C2)ccc1C. The first-order valence-corrected chi connectivity index (χ1v) is 11.1. The molecule has 0 bridgehead atoms. The molecule has 3 atom stereocenters. The minimum Gasteiger partial charge on any atom is -0.326 e. The lowest BCUT2D eigenvalue weighted by Gasteiger charge is -2.32. The largest absolute Gasteiger partial charge is 0.326 e. The Morgan fingerprint density at radius 3 is 2.81 bits per heavy atom. The van der Waals surface area contributed by atoms with E-state index in [9.17, 15) is 9.59 Å². The van der Waals surface area contributed by atoms with E-state index in [1.54, 1.807) is 12.4 Å². The molecule has 2 heterocycles. The van der Waals surface area contributed by atoms with Gasteiger partial charge >= 0.3 is 0 Å². The van der Waals surface area contributed by atoms with Crippen molar-refractivity contribution >= 4 is 23.2 Å². The fourth-order valence-electron chi connectivity index (χ4n) is 5.20. The van der Waals surface area contributed by atoms with Gasteiger partial charge in [0.25, 0.3) is 0 Å². The van der Waals surface area contributed by atoms with Crippen LogP contribution >= 0.6 is 0 Å². The molecule has 31 heavy (non-hydrogen) atoms. The number of anilines is 2. The minimum atomic E-state index is -0.123. The summed E-state index contributed by atoms with van der Waals surface area (Å²) in [5.41, 5.74) is 3.46. The number of aromatic nitrogens is 2. The first kappa shape index (κ1) is 21.4. The Morgan fingerprint density at radius 1 is 1.16 bits per heavy atom. The van der Waals surface area contributed by atoms with Gasteiger partial charge in [-0.2, -0.15) is 0 Å². The van der Waals surface area contributed by atoms with E-state index in [1.165, 1.54) is 26.2 Å². The molecule has 7 nitrogen and oxygen atoms in total.